The fourth-order valence-corrected chi connectivity index (χ4v) is 3.26. The van der Waals surface area contributed by atoms with E-state index in [1.807, 2.05) is 13.8 Å². The maximum absolute atomic E-state index is 12.8. The molecule has 2 aliphatic rings. The van der Waals surface area contributed by atoms with Gasteiger partial charge in [-0.05, 0) is 27.7 Å². The van der Waals surface area contributed by atoms with Crippen molar-refractivity contribution in [3.05, 3.63) is 17.0 Å². The molecule has 1 spiro atoms. The Morgan fingerprint density at radius 3 is 2.64 bits per heavy atom. The molecular weight excluding hydrogens is 324 g/mol. The van der Waals surface area contributed by atoms with Crippen molar-refractivity contribution in [3.63, 3.8) is 0 Å². The van der Waals surface area contributed by atoms with E-state index >= 15 is 0 Å². The van der Waals surface area contributed by atoms with E-state index in [0.717, 1.165) is 0 Å². The van der Waals surface area contributed by atoms with Crippen molar-refractivity contribution in [3.8, 4) is 0 Å². The van der Waals surface area contributed by atoms with Crippen LogP contribution in [-0.2, 0) is 9.63 Å². The van der Waals surface area contributed by atoms with Crippen LogP contribution in [0.1, 0.15) is 48.5 Å². The van der Waals surface area contributed by atoms with Gasteiger partial charge in [0.05, 0.1) is 12.2 Å². The number of nitrogens with zero attached hydrogens (tertiary/aromatic N) is 4. The number of aromatic nitrogens is 1. The SMILES string of the molecule is Cc1noc(C)c1C(=O)N1CCC2(CC(C(=O)N(C)C(C)C)=NO2)C1. The Hall–Kier alpha value is -2.38. The second kappa shape index (κ2) is 6.16. The predicted molar refractivity (Wildman–Crippen MR) is 90.3 cm³/mol. The molecule has 25 heavy (non-hydrogen) atoms. The molecule has 1 unspecified atom stereocenters. The number of rotatable bonds is 3. The third-order valence-corrected chi connectivity index (χ3v) is 5.03. The normalized spacial score (nSPS) is 22.5. The molecule has 0 N–H and O–H groups in total. The topological polar surface area (TPSA) is 88.2 Å². The molecular formula is C17H24N4O4. The second-order valence-electron chi connectivity index (χ2n) is 7.17. The zero-order chi connectivity index (χ0) is 18.4. The molecule has 136 valence electrons. The van der Waals surface area contributed by atoms with Gasteiger partial charge in [0.25, 0.3) is 11.8 Å². The molecule has 0 aromatic carbocycles. The summed E-state index contributed by atoms with van der Waals surface area (Å²) < 4.78 is 5.09. The average Bonchev–Trinajstić information content (AvgIpc) is 3.26. The van der Waals surface area contributed by atoms with Gasteiger partial charge in [-0.2, -0.15) is 0 Å². The van der Waals surface area contributed by atoms with Crippen molar-refractivity contribution in [1.29, 1.82) is 0 Å². The van der Waals surface area contributed by atoms with Crippen LogP contribution in [0.25, 0.3) is 0 Å². The largest absolute Gasteiger partial charge is 0.386 e. The number of likely N-dealkylation sites (tertiary alicyclic amines) is 1. The van der Waals surface area contributed by atoms with Crippen LogP contribution in [0.4, 0.5) is 0 Å². The number of hydrogen-bond donors (Lipinski definition) is 0. The summed E-state index contributed by atoms with van der Waals surface area (Å²) >= 11 is 0. The Kier molecular flexibility index (Phi) is 4.30. The molecule has 0 bridgehead atoms. The zero-order valence-corrected chi connectivity index (χ0v) is 15.3. The van der Waals surface area contributed by atoms with Gasteiger partial charge in [0.1, 0.15) is 17.0 Å². The third kappa shape index (κ3) is 3.01. The summed E-state index contributed by atoms with van der Waals surface area (Å²) in [5, 5.41) is 7.86. The Bertz CT molecular complexity index is 720. The fourth-order valence-electron chi connectivity index (χ4n) is 3.26. The van der Waals surface area contributed by atoms with E-state index in [-0.39, 0.29) is 17.9 Å². The molecule has 1 saturated heterocycles. The maximum Gasteiger partial charge on any atom is 0.271 e. The van der Waals surface area contributed by atoms with Gasteiger partial charge in [-0.1, -0.05) is 10.3 Å². The van der Waals surface area contributed by atoms with Gasteiger partial charge in [0.2, 0.25) is 0 Å². The van der Waals surface area contributed by atoms with Gasteiger partial charge in [-0.25, -0.2) is 0 Å². The van der Waals surface area contributed by atoms with Crippen LogP contribution in [0.3, 0.4) is 0 Å². The van der Waals surface area contributed by atoms with Gasteiger partial charge in [-0.3, -0.25) is 9.59 Å². The van der Waals surface area contributed by atoms with Crippen molar-refractivity contribution in [2.75, 3.05) is 20.1 Å². The summed E-state index contributed by atoms with van der Waals surface area (Å²) in [6, 6.07) is 0.0907. The summed E-state index contributed by atoms with van der Waals surface area (Å²) in [5.41, 5.74) is 0.911. The number of oxime groups is 1. The van der Waals surface area contributed by atoms with Crippen LogP contribution >= 0.6 is 0 Å². The van der Waals surface area contributed by atoms with Crippen LogP contribution in [0.5, 0.6) is 0 Å². The van der Waals surface area contributed by atoms with Gasteiger partial charge < -0.3 is 19.2 Å². The van der Waals surface area contributed by atoms with E-state index in [4.69, 9.17) is 9.36 Å². The lowest BCUT2D eigenvalue weighted by Crippen LogP contribution is -2.41. The summed E-state index contributed by atoms with van der Waals surface area (Å²) in [6.45, 7) is 8.34. The molecule has 3 rings (SSSR count). The van der Waals surface area contributed by atoms with E-state index in [2.05, 4.69) is 10.3 Å². The van der Waals surface area contributed by atoms with Crippen molar-refractivity contribution in [1.82, 2.24) is 15.0 Å². The number of carbonyl (C=O) groups excluding carboxylic acids is 2. The highest BCUT2D eigenvalue weighted by Crippen LogP contribution is 2.35. The van der Waals surface area contributed by atoms with Crippen LogP contribution < -0.4 is 0 Å². The van der Waals surface area contributed by atoms with Gasteiger partial charge >= 0.3 is 0 Å². The molecule has 1 aromatic rings. The predicted octanol–water partition coefficient (Wildman–Crippen LogP) is 1.52. The monoisotopic (exact) mass is 348 g/mol. The fraction of sp³-hybridized carbons (Fsp3) is 0.647. The first kappa shape index (κ1) is 17.4. The molecule has 8 heteroatoms. The minimum atomic E-state index is -0.600. The zero-order valence-electron chi connectivity index (χ0n) is 15.3. The summed E-state index contributed by atoms with van der Waals surface area (Å²) in [7, 11) is 1.75. The summed E-state index contributed by atoms with van der Waals surface area (Å²) in [4.78, 5) is 34.2. The molecule has 1 atom stereocenters. The minimum Gasteiger partial charge on any atom is -0.386 e. The molecule has 3 heterocycles. The lowest BCUT2D eigenvalue weighted by atomic mass is 9.96. The molecule has 0 saturated carbocycles. The smallest absolute Gasteiger partial charge is 0.271 e. The molecule has 0 radical (unpaired) electrons. The molecule has 2 amide bonds. The number of carbonyl (C=O) groups is 2. The van der Waals surface area contributed by atoms with Crippen molar-refractivity contribution < 1.29 is 18.9 Å². The molecule has 1 aromatic heterocycles. The molecule has 0 aliphatic carbocycles. The standard InChI is InChI=1S/C17H24N4O4/c1-10(2)20(5)15(22)13-8-17(25-19-13)6-7-21(9-17)16(23)14-11(3)18-24-12(14)4/h10H,6-9H2,1-5H3. The highest BCUT2D eigenvalue weighted by atomic mass is 16.7. The Labute approximate surface area is 146 Å². The van der Waals surface area contributed by atoms with Gasteiger partial charge in [0, 0.05) is 32.5 Å². The lowest BCUT2D eigenvalue weighted by Gasteiger charge is -2.23. The molecule has 2 aliphatic heterocycles. The van der Waals surface area contributed by atoms with Crippen LogP contribution in [0.2, 0.25) is 0 Å². The number of amides is 2. The van der Waals surface area contributed by atoms with E-state index in [0.29, 0.717) is 48.7 Å². The lowest BCUT2D eigenvalue weighted by molar-refractivity contribution is -0.124. The van der Waals surface area contributed by atoms with Crippen molar-refractivity contribution in [2.45, 2.75) is 52.2 Å². The Morgan fingerprint density at radius 1 is 1.32 bits per heavy atom. The minimum absolute atomic E-state index is 0.0907. The average molecular weight is 348 g/mol. The second-order valence-corrected chi connectivity index (χ2v) is 7.17. The highest BCUT2D eigenvalue weighted by Gasteiger charge is 2.48. The van der Waals surface area contributed by atoms with E-state index < -0.39 is 5.60 Å². The van der Waals surface area contributed by atoms with Crippen molar-refractivity contribution >= 4 is 17.5 Å². The highest BCUT2D eigenvalue weighted by molar-refractivity contribution is 6.39. The van der Waals surface area contributed by atoms with Crippen LogP contribution in [-0.4, -0.2) is 64.3 Å². The third-order valence-electron chi connectivity index (χ3n) is 5.03. The Morgan fingerprint density at radius 2 is 2.04 bits per heavy atom. The molecule has 8 nitrogen and oxygen atoms in total. The van der Waals surface area contributed by atoms with Gasteiger partial charge in [0.15, 0.2) is 5.60 Å². The first-order chi connectivity index (χ1) is 11.7. The van der Waals surface area contributed by atoms with E-state index in [9.17, 15) is 9.59 Å². The van der Waals surface area contributed by atoms with E-state index in [1.165, 1.54) is 0 Å². The van der Waals surface area contributed by atoms with Gasteiger partial charge in [-0.15, -0.1) is 0 Å². The molecule has 1 fully saturated rings. The first-order valence-electron chi connectivity index (χ1n) is 8.48. The van der Waals surface area contributed by atoms with Crippen LogP contribution in [0.15, 0.2) is 9.68 Å². The quantitative estimate of drug-likeness (QED) is 0.826. The number of hydrogen-bond acceptors (Lipinski definition) is 6. The van der Waals surface area contributed by atoms with Crippen LogP contribution in [0, 0.1) is 13.8 Å². The first-order valence-corrected chi connectivity index (χ1v) is 8.48. The Balaban J connectivity index is 1.68. The summed E-state index contributed by atoms with van der Waals surface area (Å²) in [6.07, 6.45) is 1.07. The number of aryl methyl sites for hydroxylation is 2. The van der Waals surface area contributed by atoms with E-state index in [1.54, 1.807) is 30.7 Å². The maximum atomic E-state index is 12.8. The van der Waals surface area contributed by atoms with Crippen molar-refractivity contribution in [2.24, 2.45) is 5.16 Å². The summed E-state index contributed by atoms with van der Waals surface area (Å²) in [5.74, 6) is 0.277.